The number of nitrogens with two attached hydrogens (primary N) is 1. The van der Waals surface area contributed by atoms with Crippen LogP contribution in [0.2, 0.25) is 0 Å². The fourth-order valence-corrected chi connectivity index (χ4v) is 1.10. The molecule has 0 aliphatic rings. The molecule has 1 aromatic carbocycles. The van der Waals surface area contributed by atoms with Gasteiger partial charge >= 0.3 is 0 Å². The Morgan fingerprint density at radius 2 is 2.20 bits per heavy atom. The molecule has 2 N–H and O–H groups in total. The van der Waals surface area contributed by atoms with E-state index >= 15 is 0 Å². The lowest BCUT2D eigenvalue weighted by Crippen LogP contribution is -1.97. The van der Waals surface area contributed by atoms with Gasteiger partial charge in [-0.15, -0.1) is 0 Å². The quantitative estimate of drug-likeness (QED) is 0.837. The SMILES string of the molecule is Nc1nc(COc2ccccc2F)co1. The van der Waals surface area contributed by atoms with Crippen LogP contribution in [-0.2, 0) is 6.61 Å². The number of aromatic nitrogens is 1. The lowest BCUT2D eigenvalue weighted by Gasteiger charge is -2.03. The van der Waals surface area contributed by atoms with E-state index in [4.69, 9.17) is 14.9 Å². The summed E-state index contributed by atoms with van der Waals surface area (Å²) < 4.78 is 23.1. The van der Waals surface area contributed by atoms with Gasteiger partial charge in [0.05, 0.1) is 0 Å². The first-order valence-electron chi connectivity index (χ1n) is 4.33. The van der Waals surface area contributed by atoms with Gasteiger partial charge in [0.1, 0.15) is 18.6 Å². The summed E-state index contributed by atoms with van der Waals surface area (Å²) in [5.74, 6) is -0.229. The molecule has 4 nitrogen and oxygen atoms in total. The van der Waals surface area contributed by atoms with Crippen LogP contribution in [0, 0.1) is 5.82 Å². The second-order valence-electron chi connectivity index (χ2n) is 2.90. The van der Waals surface area contributed by atoms with Crippen LogP contribution in [0.25, 0.3) is 0 Å². The number of hydrogen-bond donors (Lipinski definition) is 1. The van der Waals surface area contributed by atoms with Crippen molar-refractivity contribution in [1.82, 2.24) is 4.98 Å². The van der Waals surface area contributed by atoms with Crippen molar-refractivity contribution in [3.63, 3.8) is 0 Å². The zero-order chi connectivity index (χ0) is 10.7. The Balaban J connectivity index is 2.02. The van der Waals surface area contributed by atoms with Crippen molar-refractivity contribution in [3.05, 3.63) is 42.0 Å². The molecule has 15 heavy (non-hydrogen) atoms. The smallest absolute Gasteiger partial charge is 0.292 e. The molecule has 0 spiro atoms. The van der Waals surface area contributed by atoms with Gasteiger partial charge in [0, 0.05) is 0 Å². The zero-order valence-electron chi connectivity index (χ0n) is 7.81. The lowest BCUT2D eigenvalue weighted by molar-refractivity contribution is 0.285. The number of para-hydroxylation sites is 1. The van der Waals surface area contributed by atoms with Gasteiger partial charge in [-0.05, 0) is 12.1 Å². The van der Waals surface area contributed by atoms with Crippen molar-refractivity contribution in [2.24, 2.45) is 0 Å². The Morgan fingerprint density at radius 3 is 2.87 bits per heavy atom. The van der Waals surface area contributed by atoms with Crippen LogP contribution in [0.4, 0.5) is 10.4 Å². The number of benzene rings is 1. The van der Waals surface area contributed by atoms with Crippen molar-refractivity contribution in [1.29, 1.82) is 0 Å². The number of hydrogen-bond acceptors (Lipinski definition) is 4. The highest BCUT2D eigenvalue weighted by atomic mass is 19.1. The first-order valence-corrected chi connectivity index (χ1v) is 4.33. The maximum absolute atomic E-state index is 13.1. The van der Waals surface area contributed by atoms with Gasteiger partial charge in [-0.2, -0.15) is 4.98 Å². The molecule has 0 aliphatic carbocycles. The van der Waals surface area contributed by atoms with Crippen LogP contribution in [0.1, 0.15) is 5.69 Å². The molecule has 2 aromatic rings. The molecular weight excluding hydrogens is 199 g/mol. The van der Waals surface area contributed by atoms with Gasteiger partial charge in [0.25, 0.3) is 6.01 Å². The summed E-state index contributed by atoms with van der Waals surface area (Å²) in [6, 6.07) is 6.22. The maximum atomic E-state index is 13.1. The highest BCUT2D eigenvalue weighted by Crippen LogP contribution is 2.17. The molecule has 0 bridgehead atoms. The van der Waals surface area contributed by atoms with E-state index < -0.39 is 5.82 Å². The summed E-state index contributed by atoms with van der Waals surface area (Å²) in [5.41, 5.74) is 5.79. The highest BCUT2D eigenvalue weighted by Gasteiger charge is 2.04. The minimum Gasteiger partial charge on any atom is -0.484 e. The molecule has 0 saturated carbocycles. The van der Waals surface area contributed by atoms with Crippen LogP contribution in [0.5, 0.6) is 5.75 Å². The molecule has 78 valence electrons. The molecule has 0 saturated heterocycles. The summed E-state index contributed by atoms with van der Waals surface area (Å²) in [6.45, 7) is 0.127. The average Bonchev–Trinajstić information content (AvgIpc) is 2.63. The first kappa shape index (κ1) is 9.51. The van der Waals surface area contributed by atoms with E-state index in [1.54, 1.807) is 18.2 Å². The molecule has 5 heteroatoms. The van der Waals surface area contributed by atoms with Crippen molar-refractivity contribution in [2.75, 3.05) is 5.73 Å². The normalized spacial score (nSPS) is 10.2. The van der Waals surface area contributed by atoms with Crippen LogP contribution in [0.3, 0.4) is 0 Å². The number of ether oxygens (including phenoxy) is 1. The van der Waals surface area contributed by atoms with Gasteiger partial charge in [0.15, 0.2) is 11.6 Å². The second kappa shape index (κ2) is 4.00. The van der Waals surface area contributed by atoms with Gasteiger partial charge in [-0.1, -0.05) is 12.1 Å². The fourth-order valence-electron chi connectivity index (χ4n) is 1.10. The van der Waals surface area contributed by atoms with E-state index in [0.717, 1.165) is 0 Å². The van der Waals surface area contributed by atoms with Crippen molar-refractivity contribution < 1.29 is 13.5 Å². The van der Waals surface area contributed by atoms with E-state index in [2.05, 4.69) is 4.98 Å². The first-order chi connectivity index (χ1) is 7.25. The van der Waals surface area contributed by atoms with Crippen LogP contribution in [-0.4, -0.2) is 4.98 Å². The van der Waals surface area contributed by atoms with E-state index in [9.17, 15) is 4.39 Å². The molecule has 0 fully saturated rings. The molecule has 0 unspecified atom stereocenters. The largest absolute Gasteiger partial charge is 0.484 e. The third-order valence-electron chi connectivity index (χ3n) is 1.78. The van der Waals surface area contributed by atoms with Crippen molar-refractivity contribution >= 4 is 6.01 Å². The molecule has 1 aromatic heterocycles. The van der Waals surface area contributed by atoms with Gasteiger partial charge in [0.2, 0.25) is 0 Å². The summed E-state index contributed by atoms with van der Waals surface area (Å²) in [6.07, 6.45) is 1.37. The standard InChI is InChI=1S/C10H9FN2O2/c11-8-3-1-2-4-9(8)14-5-7-6-15-10(12)13-7/h1-4,6H,5H2,(H2,12,13). The predicted molar refractivity (Wildman–Crippen MR) is 51.6 cm³/mol. The maximum Gasteiger partial charge on any atom is 0.292 e. The van der Waals surface area contributed by atoms with Crippen LogP contribution >= 0.6 is 0 Å². The van der Waals surface area contributed by atoms with Crippen LogP contribution in [0.15, 0.2) is 34.9 Å². The van der Waals surface area contributed by atoms with Gasteiger partial charge in [-0.25, -0.2) is 4.39 Å². The number of nitrogen functional groups attached to an aromatic ring is 1. The monoisotopic (exact) mass is 208 g/mol. The highest BCUT2D eigenvalue weighted by molar-refractivity contribution is 5.24. The van der Waals surface area contributed by atoms with Crippen LogP contribution < -0.4 is 10.5 Å². The minimum absolute atomic E-state index is 0.0714. The second-order valence-corrected chi connectivity index (χ2v) is 2.90. The minimum atomic E-state index is -0.408. The summed E-state index contributed by atoms with van der Waals surface area (Å²) in [4.78, 5) is 3.82. The molecule has 0 aliphatic heterocycles. The topological polar surface area (TPSA) is 61.3 Å². The molecule has 2 rings (SSSR count). The Labute approximate surface area is 85.5 Å². The fraction of sp³-hybridized carbons (Fsp3) is 0.100. The number of oxazole rings is 1. The van der Waals surface area contributed by atoms with Crippen molar-refractivity contribution in [2.45, 2.75) is 6.61 Å². The molecular formula is C10H9FN2O2. The Hall–Kier alpha value is -2.04. The summed E-state index contributed by atoms with van der Waals surface area (Å²) in [7, 11) is 0. The number of nitrogens with zero attached hydrogens (tertiary/aromatic N) is 1. The zero-order valence-corrected chi connectivity index (χ0v) is 7.81. The third kappa shape index (κ3) is 2.25. The number of anilines is 1. The molecule has 0 atom stereocenters. The van der Waals surface area contributed by atoms with Gasteiger partial charge < -0.3 is 14.9 Å². The van der Waals surface area contributed by atoms with Gasteiger partial charge in [-0.3, -0.25) is 0 Å². The number of rotatable bonds is 3. The average molecular weight is 208 g/mol. The third-order valence-corrected chi connectivity index (χ3v) is 1.78. The van der Waals surface area contributed by atoms with E-state index in [-0.39, 0.29) is 18.4 Å². The van der Waals surface area contributed by atoms with E-state index in [0.29, 0.717) is 5.69 Å². The summed E-state index contributed by atoms with van der Waals surface area (Å²) in [5, 5.41) is 0. The number of halogens is 1. The Kier molecular flexibility index (Phi) is 2.53. The molecule has 0 radical (unpaired) electrons. The van der Waals surface area contributed by atoms with Crippen molar-refractivity contribution in [3.8, 4) is 5.75 Å². The Morgan fingerprint density at radius 1 is 1.40 bits per heavy atom. The summed E-state index contributed by atoms with van der Waals surface area (Å²) >= 11 is 0. The lowest BCUT2D eigenvalue weighted by atomic mass is 10.3. The Bertz CT molecular complexity index is 456. The predicted octanol–water partition coefficient (Wildman–Crippen LogP) is 1.97. The molecule has 1 heterocycles. The molecule has 0 amide bonds. The van der Waals surface area contributed by atoms with E-state index in [1.807, 2.05) is 0 Å². The van der Waals surface area contributed by atoms with E-state index in [1.165, 1.54) is 12.3 Å².